The first-order chi connectivity index (χ1) is 8.48. The molecule has 1 aromatic rings. The van der Waals surface area contributed by atoms with Gasteiger partial charge in [-0.05, 0) is 12.5 Å². The zero-order chi connectivity index (χ0) is 13.3. The first-order valence-electron chi connectivity index (χ1n) is 5.78. The van der Waals surface area contributed by atoms with E-state index in [1.807, 2.05) is 37.3 Å². The molecule has 0 bridgehead atoms. The Hall–Kier alpha value is -0.440. The van der Waals surface area contributed by atoms with Gasteiger partial charge < -0.3 is 4.90 Å². The van der Waals surface area contributed by atoms with Crippen LogP contribution in [0.15, 0.2) is 30.3 Å². The van der Waals surface area contributed by atoms with Gasteiger partial charge in [0.1, 0.15) is 0 Å². The number of amides is 1. The fourth-order valence-electron chi connectivity index (χ4n) is 2.19. The van der Waals surface area contributed by atoms with Crippen molar-refractivity contribution in [2.75, 3.05) is 12.4 Å². The number of hydrogen-bond acceptors (Lipinski definition) is 1. The van der Waals surface area contributed by atoms with E-state index in [2.05, 4.69) is 0 Å². The van der Waals surface area contributed by atoms with E-state index in [0.29, 0.717) is 6.54 Å². The normalized spacial score (nSPS) is 24.3. The molecule has 98 valence electrons. The highest BCUT2D eigenvalue weighted by Gasteiger charge is 2.52. The largest absolute Gasteiger partial charge is 0.333 e. The van der Waals surface area contributed by atoms with Gasteiger partial charge in [0.25, 0.3) is 5.91 Å². The van der Waals surface area contributed by atoms with Crippen LogP contribution in [-0.4, -0.2) is 27.6 Å². The fraction of sp³-hybridized carbons (Fsp3) is 0.462. The molecule has 0 aliphatic carbocycles. The van der Waals surface area contributed by atoms with E-state index in [4.69, 9.17) is 34.8 Å². The predicted molar refractivity (Wildman–Crippen MR) is 75.2 cm³/mol. The summed E-state index contributed by atoms with van der Waals surface area (Å²) in [7, 11) is 0. The van der Waals surface area contributed by atoms with E-state index >= 15 is 0 Å². The Balaban J connectivity index is 2.23. The average Bonchev–Trinajstić information content (AvgIpc) is 2.61. The summed E-state index contributed by atoms with van der Waals surface area (Å²) in [5.41, 5.74) is 1.06. The van der Waals surface area contributed by atoms with Crippen LogP contribution in [0.4, 0.5) is 0 Å². The smallest absolute Gasteiger partial charge is 0.259 e. The van der Waals surface area contributed by atoms with Crippen molar-refractivity contribution in [2.45, 2.75) is 17.3 Å². The van der Waals surface area contributed by atoms with E-state index in [-0.39, 0.29) is 23.7 Å². The summed E-state index contributed by atoms with van der Waals surface area (Å²) >= 11 is 18.0. The maximum absolute atomic E-state index is 12.2. The molecule has 0 spiro atoms. The number of carbonyl (C=O) groups excluding carboxylic acids is 1. The monoisotopic (exact) mass is 305 g/mol. The Kier molecular flexibility index (Phi) is 4.10. The highest BCUT2D eigenvalue weighted by Crippen LogP contribution is 2.42. The standard InChI is InChI=1S/C13H14Cl3NO/c1-9(10-5-3-2-4-6-10)17-8-11(7-14)13(15,16)12(17)18/h2-6,9,11H,7-8H2,1H3/t9-,11?/m0/s1. The van der Waals surface area contributed by atoms with E-state index in [1.54, 1.807) is 4.90 Å². The molecule has 1 aromatic carbocycles. The first-order valence-corrected chi connectivity index (χ1v) is 7.07. The zero-order valence-electron chi connectivity index (χ0n) is 9.95. The van der Waals surface area contributed by atoms with Crippen molar-refractivity contribution < 1.29 is 4.79 Å². The summed E-state index contributed by atoms with van der Waals surface area (Å²) in [6, 6.07) is 9.74. The van der Waals surface area contributed by atoms with Crippen molar-refractivity contribution in [3.8, 4) is 0 Å². The zero-order valence-corrected chi connectivity index (χ0v) is 12.2. The van der Waals surface area contributed by atoms with Crippen LogP contribution in [0.1, 0.15) is 18.5 Å². The van der Waals surface area contributed by atoms with Gasteiger partial charge in [-0.2, -0.15) is 0 Å². The second kappa shape index (κ2) is 5.28. The van der Waals surface area contributed by atoms with Gasteiger partial charge >= 0.3 is 0 Å². The van der Waals surface area contributed by atoms with Gasteiger partial charge in [-0.3, -0.25) is 4.79 Å². The molecule has 0 aromatic heterocycles. The highest BCUT2D eigenvalue weighted by molar-refractivity contribution is 6.59. The molecule has 1 saturated heterocycles. The summed E-state index contributed by atoms with van der Waals surface area (Å²) in [5.74, 6) is -0.217. The van der Waals surface area contributed by atoms with Crippen LogP contribution in [0, 0.1) is 5.92 Å². The Morgan fingerprint density at radius 3 is 2.50 bits per heavy atom. The van der Waals surface area contributed by atoms with Gasteiger partial charge in [0.15, 0.2) is 0 Å². The fourth-order valence-corrected chi connectivity index (χ4v) is 3.19. The molecule has 2 atom stereocenters. The topological polar surface area (TPSA) is 20.3 Å². The molecule has 1 aliphatic heterocycles. The average molecular weight is 307 g/mol. The molecule has 0 radical (unpaired) electrons. The predicted octanol–water partition coefficient (Wildman–Crippen LogP) is 3.62. The van der Waals surface area contributed by atoms with Gasteiger partial charge in [0, 0.05) is 18.3 Å². The van der Waals surface area contributed by atoms with Crippen molar-refractivity contribution in [2.24, 2.45) is 5.92 Å². The van der Waals surface area contributed by atoms with Gasteiger partial charge in [0.05, 0.1) is 6.04 Å². The Morgan fingerprint density at radius 2 is 2.00 bits per heavy atom. The van der Waals surface area contributed by atoms with Crippen molar-refractivity contribution >= 4 is 40.7 Å². The lowest BCUT2D eigenvalue weighted by Gasteiger charge is -2.25. The lowest BCUT2D eigenvalue weighted by atomic mass is 10.1. The first kappa shape index (κ1) is 14.0. The van der Waals surface area contributed by atoms with Crippen LogP contribution < -0.4 is 0 Å². The Bertz CT molecular complexity index is 435. The van der Waals surface area contributed by atoms with Crippen molar-refractivity contribution in [1.29, 1.82) is 0 Å². The lowest BCUT2D eigenvalue weighted by Crippen LogP contribution is -2.34. The molecule has 0 N–H and O–H groups in total. The Morgan fingerprint density at radius 1 is 1.39 bits per heavy atom. The van der Waals surface area contributed by atoms with Crippen LogP contribution >= 0.6 is 34.8 Å². The molecule has 5 heteroatoms. The molecule has 2 rings (SSSR count). The van der Waals surface area contributed by atoms with Crippen molar-refractivity contribution in [1.82, 2.24) is 4.90 Å². The summed E-state index contributed by atoms with van der Waals surface area (Å²) in [4.78, 5) is 13.9. The molecule has 1 amide bonds. The van der Waals surface area contributed by atoms with Gasteiger partial charge in [0.2, 0.25) is 4.33 Å². The minimum absolute atomic E-state index is 0.0520. The third-order valence-electron chi connectivity index (χ3n) is 3.41. The second-order valence-electron chi connectivity index (χ2n) is 4.52. The molecule has 1 heterocycles. The molecule has 0 saturated carbocycles. The van der Waals surface area contributed by atoms with E-state index in [9.17, 15) is 4.79 Å². The third-order valence-corrected chi connectivity index (χ3v) is 4.72. The minimum Gasteiger partial charge on any atom is -0.333 e. The van der Waals surface area contributed by atoms with Gasteiger partial charge in [-0.25, -0.2) is 0 Å². The SMILES string of the molecule is C[C@@H](c1ccccc1)N1CC(CCl)C(Cl)(Cl)C1=O. The number of likely N-dealkylation sites (tertiary alicyclic amines) is 1. The molecule has 1 fully saturated rings. The van der Waals surface area contributed by atoms with Crippen LogP contribution in [-0.2, 0) is 4.79 Å². The number of benzene rings is 1. The molecule has 1 aliphatic rings. The molecular weight excluding hydrogens is 293 g/mol. The number of halogens is 3. The molecule has 2 nitrogen and oxygen atoms in total. The van der Waals surface area contributed by atoms with Crippen LogP contribution in [0.25, 0.3) is 0 Å². The maximum atomic E-state index is 12.2. The third kappa shape index (κ3) is 2.34. The highest BCUT2D eigenvalue weighted by atomic mass is 35.5. The number of rotatable bonds is 3. The van der Waals surface area contributed by atoms with Crippen molar-refractivity contribution in [3.05, 3.63) is 35.9 Å². The Labute approximate surface area is 122 Å². The lowest BCUT2D eigenvalue weighted by molar-refractivity contribution is -0.130. The number of hydrogen-bond donors (Lipinski definition) is 0. The van der Waals surface area contributed by atoms with Crippen LogP contribution in [0.2, 0.25) is 0 Å². The summed E-state index contributed by atoms with van der Waals surface area (Å²) in [6.07, 6.45) is 0. The molecular formula is C13H14Cl3NO. The van der Waals surface area contributed by atoms with Crippen LogP contribution in [0.3, 0.4) is 0 Å². The minimum atomic E-state index is -1.40. The molecule has 18 heavy (non-hydrogen) atoms. The van der Waals surface area contributed by atoms with Crippen molar-refractivity contribution in [3.63, 3.8) is 0 Å². The number of nitrogens with zero attached hydrogens (tertiary/aromatic N) is 1. The van der Waals surface area contributed by atoms with E-state index in [0.717, 1.165) is 5.56 Å². The summed E-state index contributed by atoms with van der Waals surface area (Å²) in [6.45, 7) is 2.46. The van der Waals surface area contributed by atoms with Gasteiger partial charge in [-0.15, -0.1) is 11.6 Å². The number of alkyl halides is 3. The molecule has 1 unspecified atom stereocenters. The number of carbonyl (C=O) groups is 1. The van der Waals surface area contributed by atoms with E-state index < -0.39 is 4.33 Å². The summed E-state index contributed by atoms with van der Waals surface area (Å²) in [5, 5.41) is 0. The van der Waals surface area contributed by atoms with Crippen LogP contribution in [0.5, 0.6) is 0 Å². The quantitative estimate of drug-likeness (QED) is 0.781. The second-order valence-corrected chi connectivity index (χ2v) is 6.21. The van der Waals surface area contributed by atoms with E-state index in [1.165, 1.54) is 0 Å². The van der Waals surface area contributed by atoms with Gasteiger partial charge in [-0.1, -0.05) is 53.5 Å². The maximum Gasteiger partial charge on any atom is 0.259 e. The summed E-state index contributed by atoms with van der Waals surface area (Å²) < 4.78 is -1.40.